The fraction of sp³-hybridized carbons (Fsp3) is 0.333. The monoisotopic (exact) mass is 601 g/mol. The molecule has 0 aliphatic carbocycles. The van der Waals surface area contributed by atoms with E-state index in [-0.39, 0.29) is 34.8 Å². The van der Waals surface area contributed by atoms with Crippen LogP contribution in [0.15, 0.2) is 71.6 Å². The molecule has 0 saturated heterocycles. The number of methoxy groups -OCH3 is 2. The molecule has 3 aromatic rings. The predicted octanol–water partition coefficient (Wildman–Crippen LogP) is 4.80. The second-order valence-electron chi connectivity index (χ2n) is 9.82. The van der Waals surface area contributed by atoms with Gasteiger partial charge in [0.25, 0.3) is 10.0 Å². The molecule has 0 bridgehead atoms. The molecule has 3 aromatic carbocycles. The number of benzene rings is 3. The fourth-order valence-electron chi connectivity index (χ4n) is 4.14. The average Bonchev–Trinajstić information content (AvgIpc) is 2.94. The molecule has 0 aliphatic rings. The minimum Gasteiger partial charge on any atom is -0.493 e. The molecule has 1 atom stereocenters. The van der Waals surface area contributed by atoms with E-state index >= 15 is 0 Å². The maximum Gasteiger partial charge on any atom is 0.264 e. The number of nitrogens with one attached hydrogen (secondary N) is 1. The number of aryl methyl sites for hydroxylation is 1. The molecule has 0 spiro atoms. The summed E-state index contributed by atoms with van der Waals surface area (Å²) in [6, 6.07) is 16.9. The first-order valence-corrected chi connectivity index (χ1v) is 14.9. The molecular formula is C30H36ClN3O6S. The summed E-state index contributed by atoms with van der Waals surface area (Å²) < 4.78 is 39.7. The zero-order valence-corrected chi connectivity index (χ0v) is 25.6. The molecule has 3 rings (SSSR count). The fourth-order valence-corrected chi connectivity index (χ4v) is 5.77. The van der Waals surface area contributed by atoms with Crippen LogP contribution in [0.25, 0.3) is 0 Å². The molecule has 0 radical (unpaired) electrons. The van der Waals surface area contributed by atoms with Crippen LogP contribution in [-0.4, -0.2) is 58.0 Å². The minimum absolute atomic E-state index is 0.00331. The van der Waals surface area contributed by atoms with Crippen molar-refractivity contribution in [3.8, 4) is 11.5 Å². The number of nitrogens with zero attached hydrogens (tertiary/aromatic N) is 2. The van der Waals surface area contributed by atoms with Crippen molar-refractivity contribution in [3.63, 3.8) is 0 Å². The van der Waals surface area contributed by atoms with Gasteiger partial charge in [-0.3, -0.25) is 13.9 Å². The quantitative estimate of drug-likeness (QED) is 0.320. The van der Waals surface area contributed by atoms with Gasteiger partial charge in [-0.2, -0.15) is 0 Å². The van der Waals surface area contributed by atoms with E-state index in [1.165, 1.54) is 37.3 Å². The number of rotatable bonds is 12. The summed E-state index contributed by atoms with van der Waals surface area (Å²) in [5.74, 6) is -0.366. The van der Waals surface area contributed by atoms with Crippen molar-refractivity contribution in [1.82, 2.24) is 10.2 Å². The van der Waals surface area contributed by atoms with Gasteiger partial charge in [0.05, 0.1) is 24.8 Å². The third-order valence-corrected chi connectivity index (χ3v) is 8.58. The topological polar surface area (TPSA) is 105 Å². The van der Waals surface area contributed by atoms with Gasteiger partial charge in [0.2, 0.25) is 11.8 Å². The van der Waals surface area contributed by atoms with Crippen LogP contribution < -0.4 is 19.1 Å². The second-order valence-corrected chi connectivity index (χ2v) is 12.1. The zero-order chi connectivity index (χ0) is 30.3. The summed E-state index contributed by atoms with van der Waals surface area (Å²) in [7, 11) is -1.42. The van der Waals surface area contributed by atoms with Crippen molar-refractivity contribution >= 4 is 39.1 Å². The number of sulfonamides is 1. The number of amides is 2. The molecule has 0 saturated carbocycles. The summed E-state index contributed by atoms with van der Waals surface area (Å²) in [6.45, 7) is 6.56. The third kappa shape index (κ3) is 7.71. The number of anilines is 1. The first kappa shape index (κ1) is 31.8. The summed E-state index contributed by atoms with van der Waals surface area (Å²) in [5, 5.41) is 3.25. The normalized spacial score (nSPS) is 12.0. The highest BCUT2D eigenvalue weighted by Gasteiger charge is 2.33. The molecule has 0 fully saturated rings. The maximum absolute atomic E-state index is 14.1. The van der Waals surface area contributed by atoms with Crippen LogP contribution in [0.1, 0.15) is 31.9 Å². The van der Waals surface area contributed by atoms with E-state index in [4.69, 9.17) is 21.1 Å². The van der Waals surface area contributed by atoms with Crippen LogP contribution in [0.5, 0.6) is 11.5 Å². The Kier molecular flexibility index (Phi) is 10.6. The summed E-state index contributed by atoms with van der Waals surface area (Å²) in [5.41, 5.74) is 1.83. The van der Waals surface area contributed by atoms with Crippen molar-refractivity contribution in [2.45, 2.75) is 51.2 Å². The lowest BCUT2D eigenvalue weighted by atomic mass is 10.1. The molecule has 220 valence electrons. The van der Waals surface area contributed by atoms with Gasteiger partial charge in [0.1, 0.15) is 12.6 Å². The van der Waals surface area contributed by atoms with E-state index in [9.17, 15) is 18.0 Å². The molecule has 1 N–H and O–H groups in total. The highest BCUT2D eigenvalue weighted by molar-refractivity contribution is 7.92. The summed E-state index contributed by atoms with van der Waals surface area (Å²) >= 11 is 6.40. The molecule has 0 aliphatic heterocycles. The standard InChI is InChI=1S/C30H36ClN3O6S/c1-20(2)32-30(36)22(4)33(18-23-9-7-8-10-26(23)31)29(35)19-34(24-13-11-21(3)12-14-24)41(37,38)25-15-16-27(39-5)28(17-25)40-6/h7-17,20,22H,18-19H2,1-6H3,(H,32,36)/t22-/m0/s1. The van der Waals surface area contributed by atoms with Crippen LogP contribution in [0.2, 0.25) is 5.02 Å². The first-order valence-electron chi connectivity index (χ1n) is 13.0. The molecule has 11 heteroatoms. The van der Waals surface area contributed by atoms with Gasteiger partial charge in [0, 0.05) is 23.7 Å². The van der Waals surface area contributed by atoms with Crippen LogP contribution in [-0.2, 0) is 26.2 Å². The van der Waals surface area contributed by atoms with Gasteiger partial charge in [-0.05, 0) is 63.6 Å². The number of hydrogen-bond acceptors (Lipinski definition) is 6. The largest absolute Gasteiger partial charge is 0.493 e. The van der Waals surface area contributed by atoms with E-state index in [0.717, 1.165) is 9.87 Å². The summed E-state index contributed by atoms with van der Waals surface area (Å²) in [4.78, 5) is 28.3. The van der Waals surface area contributed by atoms with Crippen LogP contribution >= 0.6 is 11.6 Å². The molecule has 41 heavy (non-hydrogen) atoms. The van der Waals surface area contributed by atoms with E-state index in [0.29, 0.717) is 16.3 Å². The average molecular weight is 602 g/mol. The number of ether oxygens (including phenoxy) is 2. The zero-order valence-electron chi connectivity index (χ0n) is 24.0. The van der Waals surface area contributed by atoms with E-state index in [1.807, 2.05) is 20.8 Å². The Bertz CT molecular complexity index is 1480. The minimum atomic E-state index is -4.28. The Morgan fingerprint density at radius 3 is 2.15 bits per heavy atom. The van der Waals surface area contributed by atoms with Gasteiger partial charge in [-0.15, -0.1) is 0 Å². The number of halogens is 1. The molecular weight excluding hydrogens is 566 g/mol. The first-order chi connectivity index (χ1) is 19.4. The van der Waals surface area contributed by atoms with Crippen molar-refractivity contribution in [2.75, 3.05) is 25.1 Å². The van der Waals surface area contributed by atoms with Crippen molar-refractivity contribution in [2.24, 2.45) is 0 Å². The number of carbonyl (C=O) groups excluding carboxylic acids is 2. The lowest BCUT2D eigenvalue weighted by Gasteiger charge is -2.32. The van der Waals surface area contributed by atoms with Gasteiger partial charge in [-0.25, -0.2) is 8.42 Å². The van der Waals surface area contributed by atoms with Crippen molar-refractivity contribution in [1.29, 1.82) is 0 Å². The lowest BCUT2D eigenvalue weighted by molar-refractivity contribution is -0.139. The summed E-state index contributed by atoms with van der Waals surface area (Å²) in [6.07, 6.45) is 0. The van der Waals surface area contributed by atoms with Gasteiger partial charge >= 0.3 is 0 Å². The predicted molar refractivity (Wildman–Crippen MR) is 160 cm³/mol. The SMILES string of the molecule is COc1ccc(S(=O)(=O)N(CC(=O)N(Cc2ccccc2Cl)[C@@H](C)C(=O)NC(C)C)c2ccc(C)cc2)cc1OC. The molecule has 0 unspecified atom stereocenters. The van der Waals surface area contributed by atoms with Crippen LogP contribution in [0, 0.1) is 6.92 Å². The number of carbonyl (C=O) groups is 2. The Labute approximate surface area is 247 Å². The number of hydrogen-bond donors (Lipinski definition) is 1. The van der Waals surface area contributed by atoms with E-state index in [2.05, 4.69) is 5.32 Å². The second kappa shape index (κ2) is 13.7. The van der Waals surface area contributed by atoms with E-state index in [1.54, 1.807) is 55.5 Å². The smallest absolute Gasteiger partial charge is 0.264 e. The van der Waals surface area contributed by atoms with Crippen molar-refractivity contribution < 1.29 is 27.5 Å². The molecule has 0 heterocycles. The lowest BCUT2D eigenvalue weighted by Crippen LogP contribution is -2.52. The van der Waals surface area contributed by atoms with Gasteiger partial charge < -0.3 is 19.7 Å². The Hall–Kier alpha value is -3.76. The van der Waals surface area contributed by atoms with Gasteiger partial charge in [-0.1, -0.05) is 47.5 Å². The highest BCUT2D eigenvalue weighted by Crippen LogP contribution is 2.32. The Morgan fingerprint density at radius 2 is 1.56 bits per heavy atom. The molecule has 0 aromatic heterocycles. The van der Waals surface area contributed by atoms with Crippen LogP contribution in [0.3, 0.4) is 0 Å². The van der Waals surface area contributed by atoms with Crippen LogP contribution in [0.4, 0.5) is 5.69 Å². The van der Waals surface area contributed by atoms with Gasteiger partial charge in [0.15, 0.2) is 11.5 Å². The molecule has 2 amide bonds. The van der Waals surface area contributed by atoms with E-state index < -0.39 is 28.5 Å². The Morgan fingerprint density at radius 1 is 0.927 bits per heavy atom. The Balaban J connectivity index is 2.08. The highest BCUT2D eigenvalue weighted by atomic mass is 35.5. The van der Waals surface area contributed by atoms with Crippen molar-refractivity contribution in [3.05, 3.63) is 82.9 Å². The third-order valence-electron chi connectivity index (χ3n) is 6.44. The molecule has 9 nitrogen and oxygen atoms in total. The maximum atomic E-state index is 14.1.